The first-order valence-corrected chi connectivity index (χ1v) is 8.45. The van der Waals surface area contributed by atoms with E-state index in [0.29, 0.717) is 13.0 Å². The van der Waals surface area contributed by atoms with Gasteiger partial charge in [-0.2, -0.15) is 0 Å². The number of nitrogens with one attached hydrogen (secondary N) is 2. The maximum Gasteiger partial charge on any atom is 0.404 e. The Balaban J connectivity index is 2.09. The molecule has 6 nitrogen and oxygen atoms in total. The zero-order valence-electron chi connectivity index (χ0n) is 12.5. The Hall–Kier alpha value is -1.20. The third-order valence-electron chi connectivity index (χ3n) is 2.92. The largest absolute Gasteiger partial charge is 0.404 e. The van der Waals surface area contributed by atoms with E-state index in [9.17, 15) is 9.36 Å². The van der Waals surface area contributed by atoms with Gasteiger partial charge in [0.1, 0.15) is 0 Å². The van der Waals surface area contributed by atoms with Gasteiger partial charge in [0.15, 0.2) is 0 Å². The van der Waals surface area contributed by atoms with Crippen molar-refractivity contribution in [3.63, 3.8) is 0 Å². The number of unbranched alkanes of at least 4 members (excludes halogenated alkanes) is 2. The lowest BCUT2D eigenvalue weighted by molar-refractivity contribution is -0.116. The van der Waals surface area contributed by atoms with E-state index in [4.69, 9.17) is 9.05 Å². The lowest BCUT2D eigenvalue weighted by Gasteiger charge is -2.14. The van der Waals surface area contributed by atoms with Crippen LogP contribution >= 0.6 is 7.75 Å². The highest BCUT2D eigenvalue weighted by Crippen LogP contribution is 2.41. The van der Waals surface area contributed by atoms with Gasteiger partial charge in [0, 0.05) is 32.9 Å². The molecule has 0 aliphatic carbocycles. The number of hydrogen-bond donors (Lipinski definition) is 2. The van der Waals surface area contributed by atoms with Crippen LogP contribution in [-0.2, 0) is 18.4 Å². The maximum absolute atomic E-state index is 11.7. The summed E-state index contributed by atoms with van der Waals surface area (Å²) in [5.74, 6) is 0.00798. The van der Waals surface area contributed by atoms with Gasteiger partial charge in [-0.15, -0.1) is 0 Å². The average molecular weight is 314 g/mol. The van der Waals surface area contributed by atoms with Crippen LogP contribution in [0.4, 0.5) is 5.69 Å². The van der Waals surface area contributed by atoms with Crippen LogP contribution in [0.25, 0.3) is 0 Å². The van der Waals surface area contributed by atoms with Gasteiger partial charge in [0.2, 0.25) is 5.91 Å². The number of hydrogen-bond acceptors (Lipinski definition) is 4. The summed E-state index contributed by atoms with van der Waals surface area (Å²) in [7, 11) is -0.447. The Labute approximate surface area is 125 Å². The molecule has 0 radical (unpaired) electrons. The van der Waals surface area contributed by atoms with Crippen LogP contribution < -0.4 is 10.4 Å². The second-order valence-corrected chi connectivity index (χ2v) is 6.54. The molecule has 0 aliphatic heterocycles. The lowest BCUT2D eigenvalue weighted by Crippen LogP contribution is -2.15. The van der Waals surface area contributed by atoms with E-state index in [1.54, 1.807) is 0 Å². The van der Waals surface area contributed by atoms with Crippen molar-refractivity contribution >= 4 is 19.3 Å². The predicted molar refractivity (Wildman–Crippen MR) is 83.2 cm³/mol. The third-order valence-corrected chi connectivity index (χ3v) is 4.50. The van der Waals surface area contributed by atoms with E-state index in [2.05, 4.69) is 10.4 Å². The predicted octanol–water partition coefficient (Wildman–Crippen LogP) is 3.18. The number of amides is 1. The van der Waals surface area contributed by atoms with Crippen molar-refractivity contribution in [3.05, 3.63) is 30.3 Å². The molecule has 1 amide bonds. The molecule has 0 fully saturated rings. The minimum Gasteiger partial charge on any atom is -0.326 e. The van der Waals surface area contributed by atoms with Crippen molar-refractivity contribution in [1.82, 2.24) is 5.09 Å². The summed E-state index contributed by atoms with van der Waals surface area (Å²) in [6.07, 6.45) is 2.92. The minimum atomic E-state index is -3.12. The summed E-state index contributed by atoms with van der Waals surface area (Å²) >= 11 is 0. The molecule has 118 valence electrons. The van der Waals surface area contributed by atoms with Crippen molar-refractivity contribution in [1.29, 1.82) is 0 Å². The van der Waals surface area contributed by atoms with Gasteiger partial charge in [-0.1, -0.05) is 24.6 Å². The molecule has 0 heterocycles. The van der Waals surface area contributed by atoms with Gasteiger partial charge in [0.25, 0.3) is 0 Å². The van der Waals surface area contributed by atoms with Crippen molar-refractivity contribution in [3.8, 4) is 0 Å². The normalized spacial score (nSPS) is 11.3. The SMILES string of the molecule is COP(=O)(NCCCCCC(=O)Nc1ccccc1)OC. The second kappa shape index (κ2) is 9.68. The van der Waals surface area contributed by atoms with Crippen molar-refractivity contribution < 1.29 is 18.4 Å². The Morgan fingerprint density at radius 2 is 1.76 bits per heavy atom. The highest BCUT2D eigenvalue weighted by atomic mass is 31.2. The molecule has 1 rings (SSSR count). The molecule has 1 aromatic rings. The molecule has 21 heavy (non-hydrogen) atoms. The number of rotatable bonds is 10. The Bertz CT molecular complexity index is 459. The smallest absolute Gasteiger partial charge is 0.326 e. The summed E-state index contributed by atoms with van der Waals surface area (Å²) in [5.41, 5.74) is 0.810. The molecule has 0 aliphatic rings. The van der Waals surface area contributed by atoms with Gasteiger partial charge in [0.05, 0.1) is 0 Å². The standard InChI is InChI=1S/C14H23N2O4P/c1-19-21(18,20-2)15-12-8-4-7-11-14(17)16-13-9-5-3-6-10-13/h3,5-6,9-10H,4,7-8,11-12H2,1-2H3,(H,15,18)(H,16,17). The van der Waals surface area contributed by atoms with Crippen molar-refractivity contribution in [2.24, 2.45) is 0 Å². The number of anilines is 1. The molecule has 0 unspecified atom stereocenters. The van der Waals surface area contributed by atoms with Crippen LogP contribution in [0.5, 0.6) is 0 Å². The molecular formula is C14H23N2O4P. The van der Waals surface area contributed by atoms with Crippen LogP contribution in [-0.4, -0.2) is 26.7 Å². The number of carbonyl (C=O) groups excluding carboxylic acids is 1. The quantitative estimate of drug-likeness (QED) is 0.512. The number of carbonyl (C=O) groups is 1. The molecule has 1 aromatic carbocycles. The van der Waals surface area contributed by atoms with Gasteiger partial charge in [-0.25, -0.2) is 9.65 Å². The Morgan fingerprint density at radius 3 is 2.38 bits per heavy atom. The van der Waals surface area contributed by atoms with Crippen molar-refractivity contribution in [2.45, 2.75) is 25.7 Å². The average Bonchev–Trinajstić information content (AvgIpc) is 2.51. The first-order chi connectivity index (χ1) is 10.1. The van der Waals surface area contributed by atoms with E-state index in [-0.39, 0.29) is 5.91 Å². The zero-order chi connectivity index (χ0) is 15.6. The lowest BCUT2D eigenvalue weighted by atomic mass is 10.2. The number of para-hydroxylation sites is 1. The fourth-order valence-electron chi connectivity index (χ4n) is 1.75. The van der Waals surface area contributed by atoms with Crippen LogP contribution in [0.15, 0.2) is 30.3 Å². The van der Waals surface area contributed by atoms with Crippen LogP contribution in [0.2, 0.25) is 0 Å². The Morgan fingerprint density at radius 1 is 1.10 bits per heavy atom. The zero-order valence-corrected chi connectivity index (χ0v) is 13.4. The molecule has 0 spiro atoms. The maximum atomic E-state index is 11.7. The highest BCUT2D eigenvalue weighted by Gasteiger charge is 2.18. The molecule has 0 saturated carbocycles. The van der Waals surface area contributed by atoms with Crippen LogP contribution in [0.3, 0.4) is 0 Å². The summed E-state index contributed by atoms with van der Waals surface area (Å²) in [5, 5.41) is 5.57. The summed E-state index contributed by atoms with van der Waals surface area (Å²) in [6, 6.07) is 9.38. The first kappa shape index (κ1) is 17.9. The first-order valence-electron chi connectivity index (χ1n) is 6.91. The fourth-order valence-corrected chi connectivity index (χ4v) is 2.59. The van der Waals surface area contributed by atoms with E-state index < -0.39 is 7.75 Å². The molecule has 0 aromatic heterocycles. The summed E-state index contributed by atoms with van der Waals surface area (Å²) in [6.45, 7) is 0.527. The molecule has 0 saturated heterocycles. The highest BCUT2D eigenvalue weighted by molar-refractivity contribution is 7.51. The second-order valence-electron chi connectivity index (χ2n) is 4.50. The van der Waals surface area contributed by atoms with Gasteiger partial charge < -0.3 is 14.4 Å². The van der Waals surface area contributed by atoms with Gasteiger partial charge in [-0.05, 0) is 25.0 Å². The molecule has 2 N–H and O–H groups in total. The van der Waals surface area contributed by atoms with E-state index in [0.717, 1.165) is 24.9 Å². The fraction of sp³-hybridized carbons (Fsp3) is 0.500. The molecule has 0 atom stereocenters. The number of benzene rings is 1. The van der Waals surface area contributed by atoms with Crippen LogP contribution in [0.1, 0.15) is 25.7 Å². The van der Waals surface area contributed by atoms with Crippen molar-refractivity contribution in [2.75, 3.05) is 26.1 Å². The van der Waals surface area contributed by atoms with E-state index >= 15 is 0 Å². The van der Waals surface area contributed by atoms with Crippen LogP contribution in [0, 0.1) is 0 Å². The summed E-state index contributed by atoms with van der Waals surface area (Å²) in [4.78, 5) is 11.7. The van der Waals surface area contributed by atoms with E-state index in [1.807, 2.05) is 30.3 Å². The summed E-state index contributed by atoms with van der Waals surface area (Å²) < 4.78 is 21.2. The van der Waals surface area contributed by atoms with E-state index in [1.165, 1.54) is 14.2 Å². The third kappa shape index (κ3) is 7.39. The topological polar surface area (TPSA) is 76.7 Å². The van der Waals surface area contributed by atoms with Gasteiger partial charge in [-0.3, -0.25) is 4.79 Å². The molecular weight excluding hydrogens is 291 g/mol. The minimum absolute atomic E-state index is 0.00798. The molecule has 0 bridgehead atoms. The monoisotopic (exact) mass is 314 g/mol. The van der Waals surface area contributed by atoms with Gasteiger partial charge >= 0.3 is 7.75 Å². The Kier molecular flexibility index (Phi) is 8.23. The molecule has 7 heteroatoms.